The van der Waals surface area contributed by atoms with Crippen molar-refractivity contribution in [3.8, 4) is 0 Å². The second kappa shape index (κ2) is 6.81. The van der Waals surface area contributed by atoms with Crippen molar-refractivity contribution in [3.63, 3.8) is 0 Å². The van der Waals surface area contributed by atoms with Crippen LogP contribution in [0.2, 0.25) is 0 Å². The van der Waals surface area contributed by atoms with Crippen LogP contribution in [0.15, 0.2) is 24.3 Å². The van der Waals surface area contributed by atoms with Gasteiger partial charge in [-0.15, -0.1) is 0 Å². The van der Waals surface area contributed by atoms with E-state index in [0.29, 0.717) is 5.41 Å². The summed E-state index contributed by atoms with van der Waals surface area (Å²) >= 11 is 4.64. The van der Waals surface area contributed by atoms with Crippen molar-refractivity contribution in [1.82, 2.24) is 4.90 Å². The molecule has 0 heterocycles. The summed E-state index contributed by atoms with van der Waals surface area (Å²) in [5.74, 6) is 1.03. The number of nitrogens with zero attached hydrogens (tertiary/aromatic N) is 1. The molecule has 0 atom stereocenters. The number of hydrogen-bond donors (Lipinski definition) is 1. The highest BCUT2D eigenvalue weighted by atomic mass is 32.1. The Morgan fingerprint density at radius 3 is 2.58 bits per heavy atom. The van der Waals surface area contributed by atoms with Crippen molar-refractivity contribution in [2.45, 2.75) is 45.6 Å². The number of hydrogen-bond acceptors (Lipinski definition) is 2. The van der Waals surface area contributed by atoms with Crippen LogP contribution in [0.1, 0.15) is 43.2 Å². The molecule has 2 heteroatoms. The Hall–Kier alpha value is -0.470. The van der Waals surface area contributed by atoms with Crippen LogP contribution in [0.3, 0.4) is 0 Å². The highest BCUT2D eigenvalue weighted by Crippen LogP contribution is 2.38. The summed E-state index contributed by atoms with van der Waals surface area (Å²) in [6.07, 6.45) is 6.90. The Kier molecular flexibility index (Phi) is 5.35. The molecular weight excluding hydrogens is 250 g/mol. The van der Waals surface area contributed by atoms with Crippen LogP contribution < -0.4 is 0 Å². The molecule has 1 aliphatic rings. The molecule has 0 unspecified atom stereocenters. The Labute approximate surface area is 123 Å². The summed E-state index contributed by atoms with van der Waals surface area (Å²) in [7, 11) is 2.25. The lowest BCUT2D eigenvalue weighted by molar-refractivity contribution is 0.140. The van der Waals surface area contributed by atoms with Crippen molar-refractivity contribution >= 4 is 12.6 Å². The summed E-state index contributed by atoms with van der Waals surface area (Å²) in [6, 6.07) is 8.86. The molecule has 1 aliphatic carbocycles. The van der Waals surface area contributed by atoms with E-state index in [0.717, 1.165) is 12.3 Å². The molecule has 0 aromatic heterocycles. The first-order chi connectivity index (χ1) is 9.13. The van der Waals surface area contributed by atoms with Crippen LogP contribution in [0.4, 0.5) is 0 Å². The lowest BCUT2D eigenvalue weighted by atomic mass is 9.75. The smallest absolute Gasteiger partial charge is 0.0231 e. The summed E-state index contributed by atoms with van der Waals surface area (Å²) < 4.78 is 0. The number of benzene rings is 1. The molecule has 0 bridgehead atoms. The van der Waals surface area contributed by atoms with E-state index < -0.39 is 0 Å². The van der Waals surface area contributed by atoms with Crippen LogP contribution in [0, 0.1) is 12.3 Å². The minimum atomic E-state index is 0.458. The van der Waals surface area contributed by atoms with Crippen molar-refractivity contribution in [1.29, 1.82) is 0 Å². The van der Waals surface area contributed by atoms with Crippen molar-refractivity contribution < 1.29 is 0 Å². The van der Waals surface area contributed by atoms with E-state index in [-0.39, 0.29) is 0 Å². The monoisotopic (exact) mass is 277 g/mol. The van der Waals surface area contributed by atoms with Crippen LogP contribution in [0.5, 0.6) is 0 Å². The lowest BCUT2D eigenvalue weighted by Crippen LogP contribution is -2.38. The van der Waals surface area contributed by atoms with Crippen LogP contribution in [-0.4, -0.2) is 24.2 Å². The van der Waals surface area contributed by atoms with Gasteiger partial charge in [-0.3, -0.25) is 0 Å². The van der Waals surface area contributed by atoms with Crippen LogP contribution in [0.25, 0.3) is 0 Å². The molecule has 0 N–H and O–H groups in total. The lowest BCUT2D eigenvalue weighted by Gasteiger charge is -2.39. The van der Waals surface area contributed by atoms with Gasteiger partial charge in [-0.2, -0.15) is 12.6 Å². The second-order valence-corrected chi connectivity index (χ2v) is 6.70. The van der Waals surface area contributed by atoms with Gasteiger partial charge < -0.3 is 4.90 Å². The van der Waals surface area contributed by atoms with Crippen molar-refractivity contribution in [3.05, 3.63) is 35.4 Å². The van der Waals surface area contributed by atoms with Crippen molar-refractivity contribution in [2.24, 2.45) is 5.41 Å². The van der Waals surface area contributed by atoms with E-state index in [1.54, 1.807) is 0 Å². The third kappa shape index (κ3) is 4.25. The van der Waals surface area contributed by atoms with Gasteiger partial charge in [0.05, 0.1) is 0 Å². The molecule has 1 fully saturated rings. The molecule has 1 aromatic rings. The number of aryl methyl sites for hydroxylation is 1. The third-order valence-corrected chi connectivity index (χ3v) is 5.06. The number of rotatable bonds is 5. The molecule has 0 radical (unpaired) electrons. The maximum Gasteiger partial charge on any atom is 0.0231 e. The topological polar surface area (TPSA) is 3.24 Å². The minimum Gasteiger partial charge on any atom is -0.302 e. The Bertz CT molecular complexity index is 396. The van der Waals surface area contributed by atoms with E-state index in [1.807, 2.05) is 0 Å². The molecule has 106 valence electrons. The number of thiol groups is 1. The quantitative estimate of drug-likeness (QED) is 0.785. The zero-order valence-electron chi connectivity index (χ0n) is 12.4. The van der Waals surface area contributed by atoms with Gasteiger partial charge in [-0.05, 0) is 43.5 Å². The zero-order valence-corrected chi connectivity index (χ0v) is 13.3. The second-order valence-electron chi connectivity index (χ2n) is 6.38. The first kappa shape index (κ1) is 14.9. The molecule has 19 heavy (non-hydrogen) atoms. The average molecular weight is 277 g/mol. The molecule has 0 saturated heterocycles. The highest BCUT2D eigenvalue weighted by molar-refractivity contribution is 7.80. The molecule has 0 spiro atoms. The molecular formula is C17H27NS. The average Bonchev–Trinajstić information content (AvgIpc) is 2.39. The molecule has 2 rings (SSSR count). The molecule has 1 saturated carbocycles. The van der Waals surface area contributed by atoms with Gasteiger partial charge >= 0.3 is 0 Å². The predicted molar refractivity (Wildman–Crippen MR) is 86.9 cm³/mol. The Morgan fingerprint density at radius 1 is 1.21 bits per heavy atom. The van der Waals surface area contributed by atoms with Gasteiger partial charge in [-0.1, -0.05) is 49.1 Å². The van der Waals surface area contributed by atoms with Crippen LogP contribution in [-0.2, 0) is 6.54 Å². The van der Waals surface area contributed by atoms with Gasteiger partial charge in [-0.25, -0.2) is 0 Å². The van der Waals surface area contributed by atoms with Crippen molar-refractivity contribution in [2.75, 3.05) is 19.3 Å². The van der Waals surface area contributed by atoms with Crippen LogP contribution >= 0.6 is 12.6 Å². The normalized spacial score (nSPS) is 18.7. The van der Waals surface area contributed by atoms with Gasteiger partial charge in [0, 0.05) is 13.1 Å². The summed E-state index contributed by atoms with van der Waals surface area (Å²) in [5.41, 5.74) is 3.24. The SMILES string of the molecule is Cc1cccc(CN(C)CC2(CS)CCCCC2)c1. The van der Waals surface area contributed by atoms with Gasteiger partial charge in [0.1, 0.15) is 0 Å². The zero-order chi connectivity index (χ0) is 13.7. The fourth-order valence-corrected chi connectivity index (χ4v) is 3.83. The first-order valence-corrected chi connectivity index (χ1v) is 8.12. The highest BCUT2D eigenvalue weighted by Gasteiger charge is 2.31. The Morgan fingerprint density at radius 2 is 1.95 bits per heavy atom. The summed E-state index contributed by atoms with van der Waals surface area (Å²) in [6.45, 7) is 4.40. The maximum absolute atomic E-state index is 4.64. The largest absolute Gasteiger partial charge is 0.302 e. The predicted octanol–water partition coefficient (Wildman–Crippen LogP) is 4.31. The van der Waals surface area contributed by atoms with E-state index in [2.05, 4.69) is 55.8 Å². The maximum atomic E-state index is 4.64. The molecule has 0 aliphatic heterocycles. The molecule has 1 nitrogen and oxygen atoms in total. The van der Waals surface area contributed by atoms with Gasteiger partial charge in [0.15, 0.2) is 0 Å². The first-order valence-electron chi connectivity index (χ1n) is 7.49. The van der Waals surface area contributed by atoms with Gasteiger partial charge in [0.25, 0.3) is 0 Å². The summed E-state index contributed by atoms with van der Waals surface area (Å²) in [5, 5.41) is 0. The fraction of sp³-hybridized carbons (Fsp3) is 0.647. The summed E-state index contributed by atoms with van der Waals surface area (Å²) in [4.78, 5) is 2.48. The van der Waals surface area contributed by atoms with E-state index in [9.17, 15) is 0 Å². The third-order valence-electron chi connectivity index (χ3n) is 4.39. The van der Waals surface area contributed by atoms with E-state index in [1.165, 1.54) is 49.8 Å². The molecule has 1 aromatic carbocycles. The fourth-order valence-electron chi connectivity index (χ4n) is 3.42. The molecule has 0 amide bonds. The van der Waals surface area contributed by atoms with Gasteiger partial charge in [0.2, 0.25) is 0 Å². The standard InChI is InChI=1S/C17H27NS/c1-15-7-6-8-16(11-15)12-18(2)13-17(14-19)9-4-3-5-10-17/h6-8,11,19H,3-5,9-10,12-14H2,1-2H3. The van der Waals surface area contributed by atoms with E-state index >= 15 is 0 Å². The Balaban J connectivity index is 1.94. The van der Waals surface area contributed by atoms with E-state index in [4.69, 9.17) is 0 Å². The minimum absolute atomic E-state index is 0.458.